The highest BCUT2D eigenvalue weighted by molar-refractivity contribution is 7.99. The molecule has 3 nitrogen and oxygen atoms in total. The summed E-state index contributed by atoms with van der Waals surface area (Å²) in [4.78, 5) is 14.3. The number of amides is 1. The lowest BCUT2D eigenvalue weighted by molar-refractivity contribution is -0.115. The van der Waals surface area contributed by atoms with Gasteiger partial charge in [-0.05, 0) is 49.6 Å². The third-order valence-corrected chi connectivity index (χ3v) is 4.63. The Bertz CT molecular complexity index is 626. The molecular formula is C18H20N2OS. The van der Waals surface area contributed by atoms with Crippen molar-refractivity contribution in [2.75, 3.05) is 18.4 Å². The van der Waals surface area contributed by atoms with Crippen LogP contribution in [-0.4, -0.2) is 19.0 Å². The summed E-state index contributed by atoms with van der Waals surface area (Å²) in [6, 6.07) is 18.1. The van der Waals surface area contributed by atoms with Crippen LogP contribution < -0.4 is 10.6 Å². The molecule has 1 amide bonds. The first kappa shape index (κ1) is 15.1. The van der Waals surface area contributed by atoms with E-state index in [9.17, 15) is 4.79 Å². The van der Waals surface area contributed by atoms with Gasteiger partial charge >= 0.3 is 0 Å². The third-order valence-electron chi connectivity index (χ3n) is 3.55. The highest BCUT2D eigenvalue weighted by atomic mass is 32.2. The molecule has 1 aliphatic rings. The Labute approximate surface area is 135 Å². The standard InChI is InChI=1S/C18H20N2OS/c21-18(13-19-12-14-10-11-14)20-16-8-4-5-9-17(16)22-15-6-2-1-3-7-15/h1-9,14,19H,10-13H2,(H,20,21). The number of rotatable bonds is 7. The van der Waals surface area contributed by atoms with Gasteiger partial charge in [0.05, 0.1) is 12.2 Å². The molecule has 0 spiro atoms. The van der Waals surface area contributed by atoms with Crippen molar-refractivity contribution in [3.8, 4) is 0 Å². The fraction of sp³-hybridized carbons (Fsp3) is 0.278. The van der Waals surface area contributed by atoms with Crippen LogP contribution in [0.1, 0.15) is 12.8 Å². The summed E-state index contributed by atoms with van der Waals surface area (Å²) in [5.41, 5.74) is 0.870. The minimum Gasteiger partial charge on any atom is -0.324 e. The van der Waals surface area contributed by atoms with E-state index in [0.29, 0.717) is 6.54 Å². The number of carbonyl (C=O) groups is 1. The summed E-state index contributed by atoms with van der Waals surface area (Å²) in [7, 11) is 0. The average molecular weight is 312 g/mol. The lowest BCUT2D eigenvalue weighted by Crippen LogP contribution is -2.29. The molecule has 2 aromatic rings. The van der Waals surface area contributed by atoms with Gasteiger partial charge in [-0.2, -0.15) is 0 Å². The highest BCUT2D eigenvalue weighted by Crippen LogP contribution is 2.33. The van der Waals surface area contributed by atoms with E-state index < -0.39 is 0 Å². The van der Waals surface area contributed by atoms with Gasteiger partial charge in [-0.15, -0.1) is 0 Å². The second-order valence-electron chi connectivity index (χ2n) is 5.53. The molecule has 2 aromatic carbocycles. The molecule has 0 bridgehead atoms. The Morgan fingerprint density at radius 2 is 1.77 bits per heavy atom. The van der Waals surface area contributed by atoms with Gasteiger partial charge in [0, 0.05) is 9.79 Å². The van der Waals surface area contributed by atoms with Crippen molar-refractivity contribution in [1.29, 1.82) is 0 Å². The van der Waals surface area contributed by atoms with Crippen LogP contribution in [-0.2, 0) is 4.79 Å². The Morgan fingerprint density at radius 1 is 1.05 bits per heavy atom. The molecule has 0 aliphatic heterocycles. The van der Waals surface area contributed by atoms with E-state index in [2.05, 4.69) is 22.8 Å². The summed E-state index contributed by atoms with van der Waals surface area (Å²) in [6.45, 7) is 1.33. The molecule has 1 aliphatic carbocycles. The molecule has 0 heterocycles. The molecule has 0 unspecified atom stereocenters. The van der Waals surface area contributed by atoms with E-state index in [1.165, 1.54) is 12.8 Å². The first-order chi connectivity index (χ1) is 10.8. The van der Waals surface area contributed by atoms with Crippen LogP contribution in [0.5, 0.6) is 0 Å². The molecule has 0 aromatic heterocycles. The van der Waals surface area contributed by atoms with Gasteiger partial charge in [0.15, 0.2) is 0 Å². The van der Waals surface area contributed by atoms with Crippen molar-refractivity contribution < 1.29 is 4.79 Å². The Balaban J connectivity index is 1.59. The Morgan fingerprint density at radius 3 is 2.55 bits per heavy atom. The third kappa shape index (κ3) is 4.61. The van der Waals surface area contributed by atoms with Crippen molar-refractivity contribution in [3.05, 3.63) is 54.6 Å². The quantitative estimate of drug-likeness (QED) is 0.817. The molecule has 3 rings (SSSR count). The summed E-state index contributed by atoms with van der Waals surface area (Å²) in [6.07, 6.45) is 2.59. The summed E-state index contributed by atoms with van der Waals surface area (Å²) >= 11 is 1.66. The van der Waals surface area contributed by atoms with Gasteiger partial charge in [0.2, 0.25) is 5.91 Å². The smallest absolute Gasteiger partial charge is 0.238 e. The van der Waals surface area contributed by atoms with E-state index in [-0.39, 0.29) is 5.91 Å². The first-order valence-corrected chi connectivity index (χ1v) is 8.45. The van der Waals surface area contributed by atoms with Gasteiger partial charge < -0.3 is 10.6 Å². The van der Waals surface area contributed by atoms with E-state index in [1.54, 1.807) is 11.8 Å². The SMILES string of the molecule is O=C(CNCC1CC1)Nc1ccccc1Sc1ccccc1. The lowest BCUT2D eigenvalue weighted by atomic mass is 10.3. The molecule has 1 fully saturated rings. The van der Waals surface area contributed by atoms with Crippen LogP contribution in [0.4, 0.5) is 5.69 Å². The number of nitrogens with one attached hydrogen (secondary N) is 2. The highest BCUT2D eigenvalue weighted by Gasteiger charge is 2.20. The van der Waals surface area contributed by atoms with Crippen LogP contribution in [0.15, 0.2) is 64.4 Å². The maximum atomic E-state index is 12.0. The molecule has 114 valence electrons. The number of hydrogen-bond acceptors (Lipinski definition) is 3. The largest absolute Gasteiger partial charge is 0.324 e. The summed E-state index contributed by atoms with van der Waals surface area (Å²) < 4.78 is 0. The summed E-state index contributed by atoms with van der Waals surface area (Å²) in [5, 5.41) is 6.22. The van der Waals surface area contributed by atoms with Crippen LogP contribution in [0.3, 0.4) is 0 Å². The molecule has 0 saturated heterocycles. The number of benzene rings is 2. The van der Waals surface area contributed by atoms with Crippen molar-refractivity contribution in [2.24, 2.45) is 5.92 Å². The van der Waals surface area contributed by atoms with Gasteiger partial charge in [-0.3, -0.25) is 4.79 Å². The predicted molar refractivity (Wildman–Crippen MR) is 91.2 cm³/mol. The number of hydrogen-bond donors (Lipinski definition) is 2. The predicted octanol–water partition coefficient (Wildman–Crippen LogP) is 3.78. The maximum absolute atomic E-state index is 12.0. The van der Waals surface area contributed by atoms with E-state index in [1.807, 2.05) is 42.5 Å². The number of anilines is 1. The van der Waals surface area contributed by atoms with E-state index in [4.69, 9.17) is 0 Å². The van der Waals surface area contributed by atoms with Gasteiger partial charge in [0.25, 0.3) is 0 Å². The number of para-hydroxylation sites is 1. The fourth-order valence-corrected chi connectivity index (χ4v) is 3.10. The Hall–Kier alpha value is -1.78. The second kappa shape index (κ2) is 7.47. The maximum Gasteiger partial charge on any atom is 0.238 e. The van der Waals surface area contributed by atoms with Crippen LogP contribution in [0, 0.1) is 5.92 Å². The zero-order valence-corrected chi connectivity index (χ0v) is 13.2. The average Bonchev–Trinajstić information content (AvgIpc) is 3.35. The second-order valence-corrected chi connectivity index (χ2v) is 6.65. The molecule has 0 atom stereocenters. The molecule has 2 N–H and O–H groups in total. The molecule has 4 heteroatoms. The molecule has 1 saturated carbocycles. The fourth-order valence-electron chi connectivity index (χ4n) is 2.18. The number of carbonyl (C=O) groups excluding carboxylic acids is 1. The van der Waals surface area contributed by atoms with Crippen LogP contribution >= 0.6 is 11.8 Å². The molecular weight excluding hydrogens is 292 g/mol. The van der Waals surface area contributed by atoms with Crippen molar-refractivity contribution >= 4 is 23.4 Å². The van der Waals surface area contributed by atoms with E-state index >= 15 is 0 Å². The van der Waals surface area contributed by atoms with Crippen LogP contribution in [0.2, 0.25) is 0 Å². The van der Waals surface area contributed by atoms with Gasteiger partial charge in [0.1, 0.15) is 0 Å². The van der Waals surface area contributed by atoms with Crippen molar-refractivity contribution in [1.82, 2.24) is 5.32 Å². The van der Waals surface area contributed by atoms with Crippen LogP contribution in [0.25, 0.3) is 0 Å². The zero-order valence-electron chi connectivity index (χ0n) is 12.4. The Kier molecular flexibility index (Phi) is 5.14. The molecule has 22 heavy (non-hydrogen) atoms. The topological polar surface area (TPSA) is 41.1 Å². The summed E-state index contributed by atoms with van der Waals surface area (Å²) in [5.74, 6) is 0.801. The monoisotopic (exact) mass is 312 g/mol. The minimum absolute atomic E-state index is 0.0155. The lowest BCUT2D eigenvalue weighted by Gasteiger charge is -2.11. The normalized spacial score (nSPS) is 13.8. The minimum atomic E-state index is 0.0155. The van der Waals surface area contributed by atoms with E-state index in [0.717, 1.165) is 27.9 Å². The van der Waals surface area contributed by atoms with Crippen molar-refractivity contribution in [2.45, 2.75) is 22.6 Å². The first-order valence-electron chi connectivity index (χ1n) is 7.64. The zero-order chi connectivity index (χ0) is 15.2. The molecule has 0 radical (unpaired) electrons. The van der Waals surface area contributed by atoms with Gasteiger partial charge in [-0.25, -0.2) is 0 Å². The van der Waals surface area contributed by atoms with Crippen molar-refractivity contribution in [3.63, 3.8) is 0 Å². The van der Waals surface area contributed by atoms with Gasteiger partial charge in [-0.1, -0.05) is 42.1 Å².